The lowest BCUT2D eigenvalue weighted by molar-refractivity contribution is -0.111. The van der Waals surface area contributed by atoms with Gasteiger partial charge in [-0.1, -0.05) is 30.3 Å². The van der Waals surface area contributed by atoms with Gasteiger partial charge in [0, 0.05) is 6.08 Å². The van der Waals surface area contributed by atoms with Crippen molar-refractivity contribution in [2.24, 2.45) is 0 Å². The van der Waals surface area contributed by atoms with Crippen molar-refractivity contribution in [3.05, 3.63) is 53.8 Å². The Kier molecular flexibility index (Phi) is 3.68. The van der Waals surface area contributed by atoms with Gasteiger partial charge in [-0.15, -0.1) is 0 Å². The van der Waals surface area contributed by atoms with Crippen LogP contribution >= 0.6 is 0 Å². The fourth-order valence-electron chi connectivity index (χ4n) is 1.07. The van der Waals surface area contributed by atoms with E-state index in [-0.39, 0.29) is 5.78 Å². The highest BCUT2D eigenvalue weighted by Crippen LogP contribution is 2.06. The molecule has 1 N–H and O–H groups in total. The summed E-state index contributed by atoms with van der Waals surface area (Å²) in [6.45, 7) is 1.72. The summed E-state index contributed by atoms with van der Waals surface area (Å²) < 4.78 is 0. The summed E-state index contributed by atoms with van der Waals surface area (Å²) in [5.41, 5.74) is 1.58. The Labute approximate surface area is 83.2 Å². The molecule has 0 aliphatic rings. The van der Waals surface area contributed by atoms with Crippen molar-refractivity contribution >= 4 is 11.9 Å². The first-order valence-electron chi connectivity index (χ1n) is 4.32. The highest BCUT2D eigenvalue weighted by molar-refractivity contribution is 6.06. The van der Waals surface area contributed by atoms with E-state index in [1.165, 1.54) is 0 Å². The molecule has 0 saturated carbocycles. The number of carbonyl (C=O) groups excluding carboxylic acids is 1. The number of aliphatic hydroxyl groups is 1. The van der Waals surface area contributed by atoms with E-state index >= 15 is 0 Å². The Balaban J connectivity index is 2.84. The molecule has 72 valence electrons. The van der Waals surface area contributed by atoms with Crippen LogP contribution in [0, 0.1) is 0 Å². The molecule has 14 heavy (non-hydrogen) atoms. The predicted octanol–water partition coefficient (Wildman–Crippen LogP) is 2.73. The molecule has 0 saturated heterocycles. The summed E-state index contributed by atoms with van der Waals surface area (Å²) in [7, 11) is 0. The molecule has 0 aromatic heterocycles. The van der Waals surface area contributed by atoms with Gasteiger partial charge in [0.25, 0.3) is 0 Å². The average molecular weight is 188 g/mol. The number of allylic oxidation sites excluding steroid dienone is 2. The predicted molar refractivity (Wildman–Crippen MR) is 56.9 cm³/mol. The van der Waals surface area contributed by atoms with Crippen LogP contribution in [0.1, 0.15) is 12.5 Å². The molecule has 1 rings (SSSR count). The van der Waals surface area contributed by atoms with Crippen molar-refractivity contribution < 1.29 is 9.90 Å². The number of ketones is 1. The molecule has 0 amide bonds. The highest BCUT2D eigenvalue weighted by atomic mass is 16.2. The van der Waals surface area contributed by atoms with Crippen LogP contribution in [0.15, 0.2) is 48.2 Å². The maximum absolute atomic E-state index is 11.2. The zero-order chi connectivity index (χ0) is 10.4. The van der Waals surface area contributed by atoms with Crippen LogP contribution in [0.3, 0.4) is 0 Å². The number of carbonyl (C=O) groups is 1. The summed E-state index contributed by atoms with van der Waals surface area (Å²) >= 11 is 0. The number of hydrogen-bond donors (Lipinski definition) is 1. The fourth-order valence-corrected chi connectivity index (χ4v) is 1.07. The van der Waals surface area contributed by atoms with E-state index in [0.29, 0.717) is 5.57 Å². The van der Waals surface area contributed by atoms with Gasteiger partial charge in [-0.05, 0) is 24.1 Å². The Morgan fingerprint density at radius 2 is 1.93 bits per heavy atom. The zero-order valence-corrected chi connectivity index (χ0v) is 7.97. The first-order valence-corrected chi connectivity index (χ1v) is 4.32. The normalized spacial score (nSPS) is 11.9. The van der Waals surface area contributed by atoms with Crippen LogP contribution in [0.5, 0.6) is 0 Å². The van der Waals surface area contributed by atoms with Crippen molar-refractivity contribution in [2.75, 3.05) is 0 Å². The lowest BCUT2D eigenvalue weighted by atomic mass is 10.1. The number of aliphatic hydroxyl groups excluding tert-OH is 1. The number of rotatable bonds is 3. The molecule has 1 aromatic rings. The van der Waals surface area contributed by atoms with Gasteiger partial charge in [0.15, 0.2) is 5.78 Å². The molecular formula is C12H12O2. The molecule has 2 nitrogen and oxygen atoms in total. The fraction of sp³-hybridized carbons (Fsp3) is 0.0833. The monoisotopic (exact) mass is 188 g/mol. The van der Waals surface area contributed by atoms with Crippen LogP contribution in [0.25, 0.3) is 6.08 Å². The summed E-state index contributed by atoms with van der Waals surface area (Å²) in [6, 6.07) is 9.57. The van der Waals surface area contributed by atoms with E-state index < -0.39 is 0 Å². The van der Waals surface area contributed by atoms with E-state index in [1.807, 2.05) is 30.3 Å². The van der Waals surface area contributed by atoms with Crippen molar-refractivity contribution in [3.8, 4) is 0 Å². The molecule has 0 spiro atoms. The second-order valence-corrected chi connectivity index (χ2v) is 2.92. The molecule has 0 aliphatic carbocycles. The summed E-state index contributed by atoms with van der Waals surface area (Å²) in [5, 5.41) is 8.42. The van der Waals surface area contributed by atoms with Crippen LogP contribution in [-0.4, -0.2) is 10.9 Å². The molecule has 0 fully saturated rings. The Morgan fingerprint density at radius 3 is 2.50 bits per heavy atom. The molecule has 0 atom stereocenters. The molecule has 0 unspecified atom stereocenters. The van der Waals surface area contributed by atoms with E-state index in [2.05, 4.69) is 0 Å². The largest absolute Gasteiger partial charge is 0.515 e. The topological polar surface area (TPSA) is 37.3 Å². The van der Waals surface area contributed by atoms with Gasteiger partial charge in [-0.25, -0.2) is 0 Å². The molecule has 0 aliphatic heterocycles. The molecule has 0 bridgehead atoms. The first kappa shape index (κ1) is 10.3. The average Bonchev–Trinajstić information content (AvgIpc) is 2.19. The third-order valence-electron chi connectivity index (χ3n) is 1.80. The third kappa shape index (κ3) is 2.90. The van der Waals surface area contributed by atoms with E-state index in [1.54, 1.807) is 13.0 Å². The lowest BCUT2D eigenvalue weighted by Crippen LogP contribution is -1.93. The Bertz CT molecular complexity index is 361. The van der Waals surface area contributed by atoms with Crippen molar-refractivity contribution in [1.29, 1.82) is 0 Å². The molecular weight excluding hydrogens is 176 g/mol. The van der Waals surface area contributed by atoms with E-state index in [9.17, 15) is 4.79 Å². The van der Waals surface area contributed by atoms with Gasteiger partial charge in [-0.3, -0.25) is 4.79 Å². The molecule has 0 radical (unpaired) electrons. The minimum absolute atomic E-state index is 0.184. The van der Waals surface area contributed by atoms with Gasteiger partial charge < -0.3 is 5.11 Å². The second-order valence-electron chi connectivity index (χ2n) is 2.92. The van der Waals surface area contributed by atoms with Crippen LogP contribution in [0.2, 0.25) is 0 Å². The minimum Gasteiger partial charge on any atom is -0.515 e. The van der Waals surface area contributed by atoms with Gasteiger partial charge in [0.05, 0.1) is 6.26 Å². The van der Waals surface area contributed by atoms with Crippen molar-refractivity contribution in [3.63, 3.8) is 0 Å². The molecule has 0 heterocycles. The first-order chi connectivity index (χ1) is 6.74. The van der Waals surface area contributed by atoms with Gasteiger partial charge in [0.2, 0.25) is 0 Å². The van der Waals surface area contributed by atoms with Crippen LogP contribution in [-0.2, 0) is 4.79 Å². The smallest absolute Gasteiger partial charge is 0.184 e. The van der Waals surface area contributed by atoms with E-state index in [4.69, 9.17) is 5.11 Å². The third-order valence-corrected chi connectivity index (χ3v) is 1.80. The molecule has 1 aromatic carbocycles. The van der Waals surface area contributed by atoms with Crippen molar-refractivity contribution in [1.82, 2.24) is 0 Å². The van der Waals surface area contributed by atoms with Gasteiger partial charge >= 0.3 is 0 Å². The summed E-state index contributed by atoms with van der Waals surface area (Å²) in [5.74, 6) is -0.184. The molecule has 2 heteroatoms. The van der Waals surface area contributed by atoms with Gasteiger partial charge in [0.1, 0.15) is 0 Å². The Hall–Kier alpha value is -1.83. The maximum atomic E-state index is 11.2. The second kappa shape index (κ2) is 5.02. The van der Waals surface area contributed by atoms with E-state index in [0.717, 1.165) is 17.9 Å². The van der Waals surface area contributed by atoms with Crippen LogP contribution < -0.4 is 0 Å². The quantitative estimate of drug-likeness (QED) is 0.585. The maximum Gasteiger partial charge on any atom is 0.184 e. The zero-order valence-electron chi connectivity index (χ0n) is 7.97. The summed E-state index contributed by atoms with van der Waals surface area (Å²) in [6.07, 6.45) is 3.67. The summed E-state index contributed by atoms with van der Waals surface area (Å²) in [4.78, 5) is 11.2. The van der Waals surface area contributed by atoms with Gasteiger partial charge in [-0.2, -0.15) is 0 Å². The Morgan fingerprint density at radius 1 is 1.29 bits per heavy atom. The van der Waals surface area contributed by atoms with Crippen LogP contribution in [0.4, 0.5) is 0 Å². The highest BCUT2D eigenvalue weighted by Gasteiger charge is 1.98. The minimum atomic E-state index is -0.184. The SMILES string of the molecule is CC(=Cc1ccccc1)C(=O)C=CO. The number of hydrogen-bond acceptors (Lipinski definition) is 2. The van der Waals surface area contributed by atoms with Crippen molar-refractivity contribution in [2.45, 2.75) is 6.92 Å². The standard InChI is InChI=1S/C12H12O2/c1-10(12(14)7-8-13)9-11-5-3-2-4-6-11/h2-9,13H,1H3. The lowest BCUT2D eigenvalue weighted by Gasteiger charge is -1.95. The number of benzene rings is 1.